The van der Waals surface area contributed by atoms with Crippen molar-refractivity contribution in [1.29, 1.82) is 0 Å². The Balaban J connectivity index is 1.59. The topological polar surface area (TPSA) is 46.9 Å². The number of para-hydroxylation sites is 1. The number of amides is 1. The summed E-state index contributed by atoms with van der Waals surface area (Å²) in [6.07, 6.45) is 6.80. The second-order valence-electron chi connectivity index (χ2n) is 5.20. The minimum atomic E-state index is -0.178. The number of hydrogen-bond donors (Lipinski definition) is 1. The summed E-state index contributed by atoms with van der Waals surface area (Å²) in [7, 11) is 0. The summed E-state index contributed by atoms with van der Waals surface area (Å²) in [6, 6.07) is 17.2. The van der Waals surface area contributed by atoms with Crippen molar-refractivity contribution >= 4 is 23.6 Å². The highest BCUT2D eigenvalue weighted by atomic mass is 35.5. The molecule has 1 heterocycles. The number of hydrogen-bond acceptors (Lipinski definition) is 2. The molecule has 0 aliphatic rings. The molecule has 5 heteroatoms. The predicted molar refractivity (Wildman–Crippen MR) is 95.9 cm³/mol. The highest BCUT2D eigenvalue weighted by Gasteiger charge is 2.02. The normalized spacial score (nSPS) is 10.9. The molecule has 0 atom stereocenters. The van der Waals surface area contributed by atoms with Crippen molar-refractivity contribution in [2.45, 2.75) is 6.54 Å². The molecule has 24 heavy (non-hydrogen) atoms. The Hall–Kier alpha value is -2.85. The molecule has 0 unspecified atom stereocenters. The fourth-order valence-electron chi connectivity index (χ4n) is 2.20. The summed E-state index contributed by atoms with van der Waals surface area (Å²) in [6.45, 7) is 0.395. The molecule has 3 rings (SSSR count). The van der Waals surface area contributed by atoms with Gasteiger partial charge in [-0.3, -0.25) is 4.79 Å². The summed E-state index contributed by atoms with van der Waals surface area (Å²) >= 11 is 6.06. The molecule has 0 fully saturated rings. The first-order valence-corrected chi connectivity index (χ1v) is 7.89. The van der Waals surface area contributed by atoms with E-state index in [1.54, 1.807) is 23.0 Å². The van der Waals surface area contributed by atoms with Gasteiger partial charge in [-0.1, -0.05) is 48.0 Å². The van der Waals surface area contributed by atoms with Crippen LogP contribution in [0.1, 0.15) is 11.1 Å². The predicted octanol–water partition coefficient (Wildman–Crippen LogP) is 3.86. The zero-order valence-electron chi connectivity index (χ0n) is 12.9. The van der Waals surface area contributed by atoms with Gasteiger partial charge in [0.2, 0.25) is 5.91 Å². The maximum atomic E-state index is 11.9. The van der Waals surface area contributed by atoms with Crippen molar-refractivity contribution in [3.05, 3.63) is 89.2 Å². The first-order valence-electron chi connectivity index (χ1n) is 7.52. The van der Waals surface area contributed by atoms with Crippen molar-refractivity contribution in [2.24, 2.45) is 0 Å². The van der Waals surface area contributed by atoms with Crippen LogP contribution in [0, 0.1) is 0 Å². The lowest BCUT2D eigenvalue weighted by Crippen LogP contribution is -2.20. The van der Waals surface area contributed by atoms with E-state index >= 15 is 0 Å². The minimum Gasteiger partial charge on any atom is -0.348 e. The molecule has 0 bridgehead atoms. The summed E-state index contributed by atoms with van der Waals surface area (Å²) in [5.74, 6) is -0.178. The number of carbonyl (C=O) groups is 1. The molecule has 0 spiro atoms. The van der Waals surface area contributed by atoms with E-state index in [0.29, 0.717) is 11.6 Å². The quantitative estimate of drug-likeness (QED) is 0.719. The van der Waals surface area contributed by atoms with Crippen LogP contribution in [0.5, 0.6) is 0 Å². The summed E-state index contributed by atoms with van der Waals surface area (Å²) < 4.78 is 1.77. The lowest BCUT2D eigenvalue weighted by molar-refractivity contribution is -0.116. The number of benzene rings is 2. The van der Waals surface area contributed by atoms with Crippen molar-refractivity contribution in [3.63, 3.8) is 0 Å². The molecule has 3 aromatic rings. The van der Waals surface area contributed by atoms with Crippen molar-refractivity contribution in [2.75, 3.05) is 0 Å². The molecule has 1 amide bonds. The zero-order valence-corrected chi connectivity index (χ0v) is 13.6. The number of rotatable bonds is 5. The van der Waals surface area contributed by atoms with Crippen molar-refractivity contribution < 1.29 is 4.79 Å². The second-order valence-corrected chi connectivity index (χ2v) is 5.60. The first-order chi connectivity index (χ1) is 11.7. The van der Waals surface area contributed by atoms with Gasteiger partial charge in [-0.25, -0.2) is 4.68 Å². The smallest absolute Gasteiger partial charge is 0.244 e. The minimum absolute atomic E-state index is 0.178. The molecule has 0 aliphatic heterocycles. The van der Waals surface area contributed by atoms with Crippen LogP contribution in [-0.4, -0.2) is 15.7 Å². The van der Waals surface area contributed by atoms with Crippen LogP contribution >= 0.6 is 11.6 Å². The standard InChI is InChI=1S/C19H16ClN3O/c20-18-9-5-4-6-16(18)13-21-19(24)11-10-15-12-22-23(14-15)17-7-2-1-3-8-17/h1-12,14H,13H2,(H,21,24)/b11-10+. The first kappa shape index (κ1) is 16.0. The summed E-state index contributed by atoms with van der Waals surface area (Å²) in [5, 5.41) is 7.74. The van der Waals surface area contributed by atoms with Gasteiger partial charge in [0.1, 0.15) is 0 Å². The molecule has 0 saturated heterocycles. The second kappa shape index (κ2) is 7.62. The molecule has 1 aromatic heterocycles. The molecular weight excluding hydrogens is 322 g/mol. The third-order valence-corrected chi connectivity index (χ3v) is 3.83. The Labute approximate surface area is 145 Å². The van der Waals surface area contributed by atoms with Crippen molar-refractivity contribution in [3.8, 4) is 5.69 Å². The third-order valence-electron chi connectivity index (χ3n) is 3.46. The van der Waals surface area contributed by atoms with E-state index in [4.69, 9.17) is 11.6 Å². The third kappa shape index (κ3) is 4.12. The molecule has 4 nitrogen and oxygen atoms in total. The van der Waals surface area contributed by atoms with Gasteiger partial charge < -0.3 is 5.32 Å². The van der Waals surface area contributed by atoms with Crippen LogP contribution in [0.2, 0.25) is 5.02 Å². The van der Waals surface area contributed by atoms with Crippen LogP contribution < -0.4 is 5.32 Å². The maximum Gasteiger partial charge on any atom is 0.244 e. The van der Waals surface area contributed by atoms with Crippen LogP contribution in [0.15, 0.2) is 73.1 Å². The van der Waals surface area contributed by atoms with Gasteiger partial charge in [0, 0.05) is 29.4 Å². The van der Waals surface area contributed by atoms with Gasteiger partial charge in [-0.15, -0.1) is 0 Å². The molecule has 0 radical (unpaired) electrons. The largest absolute Gasteiger partial charge is 0.348 e. The van der Waals surface area contributed by atoms with Gasteiger partial charge in [0.25, 0.3) is 0 Å². The Kier molecular flexibility index (Phi) is 5.08. The Morgan fingerprint density at radius 2 is 1.88 bits per heavy atom. The number of nitrogens with one attached hydrogen (secondary N) is 1. The number of carbonyl (C=O) groups excluding carboxylic acids is 1. The lowest BCUT2D eigenvalue weighted by atomic mass is 10.2. The average Bonchev–Trinajstić information content (AvgIpc) is 3.09. The van der Waals surface area contributed by atoms with E-state index in [-0.39, 0.29) is 5.91 Å². The van der Waals surface area contributed by atoms with Gasteiger partial charge in [-0.2, -0.15) is 5.10 Å². The Bertz CT molecular complexity index is 856. The fourth-order valence-corrected chi connectivity index (χ4v) is 2.40. The molecular formula is C19H16ClN3O. The number of halogens is 1. The van der Waals surface area contributed by atoms with Gasteiger partial charge in [-0.05, 0) is 29.8 Å². The van der Waals surface area contributed by atoms with Crippen LogP contribution in [-0.2, 0) is 11.3 Å². The highest BCUT2D eigenvalue weighted by molar-refractivity contribution is 6.31. The molecule has 120 valence electrons. The van der Waals surface area contributed by atoms with Crippen LogP contribution in [0.3, 0.4) is 0 Å². The van der Waals surface area contributed by atoms with E-state index in [2.05, 4.69) is 10.4 Å². The van der Waals surface area contributed by atoms with E-state index in [1.165, 1.54) is 6.08 Å². The van der Waals surface area contributed by atoms with Crippen LogP contribution in [0.4, 0.5) is 0 Å². The highest BCUT2D eigenvalue weighted by Crippen LogP contribution is 2.14. The van der Waals surface area contributed by atoms with Gasteiger partial charge in [0.05, 0.1) is 11.9 Å². The lowest BCUT2D eigenvalue weighted by Gasteiger charge is -2.04. The average molecular weight is 338 g/mol. The number of nitrogens with zero attached hydrogens (tertiary/aromatic N) is 2. The SMILES string of the molecule is O=C(/C=C/c1cnn(-c2ccccc2)c1)NCc1ccccc1Cl. The molecule has 1 N–H and O–H groups in total. The molecule has 0 saturated carbocycles. The fraction of sp³-hybridized carbons (Fsp3) is 0.0526. The maximum absolute atomic E-state index is 11.9. The van der Waals surface area contributed by atoms with E-state index in [9.17, 15) is 4.79 Å². The van der Waals surface area contributed by atoms with E-state index in [1.807, 2.05) is 54.7 Å². The zero-order chi connectivity index (χ0) is 16.8. The van der Waals surface area contributed by atoms with Crippen LogP contribution in [0.25, 0.3) is 11.8 Å². The molecule has 0 aliphatic carbocycles. The Morgan fingerprint density at radius 3 is 2.67 bits per heavy atom. The van der Waals surface area contributed by atoms with Crippen molar-refractivity contribution in [1.82, 2.24) is 15.1 Å². The monoisotopic (exact) mass is 337 g/mol. The summed E-state index contributed by atoms with van der Waals surface area (Å²) in [5.41, 5.74) is 2.71. The van der Waals surface area contributed by atoms with Gasteiger partial charge >= 0.3 is 0 Å². The summed E-state index contributed by atoms with van der Waals surface area (Å²) in [4.78, 5) is 11.9. The van der Waals surface area contributed by atoms with E-state index in [0.717, 1.165) is 16.8 Å². The van der Waals surface area contributed by atoms with Gasteiger partial charge in [0.15, 0.2) is 0 Å². The molecule has 2 aromatic carbocycles. The Morgan fingerprint density at radius 1 is 1.12 bits per heavy atom. The van der Waals surface area contributed by atoms with E-state index < -0.39 is 0 Å². The number of aromatic nitrogens is 2.